The molecule has 2 N–H and O–H groups in total. The first-order valence-corrected chi connectivity index (χ1v) is 9.92. The van der Waals surface area contributed by atoms with Gasteiger partial charge in [0.25, 0.3) is 5.91 Å². The normalized spacial score (nSPS) is 10.8. The molecule has 0 fully saturated rings. The minimum Gasteiger partial charge on any atom is -0.493 e. The highest BCUT2D eigenvalue weighted by atomic mass is 32.2. The number of sulfonamides is 1. The van der Waals surface area contributed by atoms with E-state index in [9.17, 15) is 13.2 Å². The molecule has 0 aliphatic heterocycles. The van der Waals surface area contributed by atoms with Gasteiger partial charge in [0.15, 0.2) is 11.5 Å². The first kappa shape index (κ1) is 21.3. The molecule has 0 heterocycles. The number of hydrogen-bond acceptors (Lipinski definition) is 5. The van der Waals surface area contributed by atoms with Crippen molar-refractivity contribution in [3.05, 3.63) is 53.6 Å². The Balaban J connectivity index is 1.94. The van der Waals surface area contributed by atoms with Gasteiger partial charge in [-0.15, -0.1) is 6.42 Å². The molecule has 0 bridgehead atoms. The number of ether oxygens (including phenoxy) is 2. The lowest BCUT2D eigenvalue weighted by atomic mass is 10.1. The molecule has 0 saturated heterocycles. The Morgan fingerprint density at radius 2 is 1.75 bits per heavy atom. The number of carbonyl (C=O) groups excluding carboxylic acids is 1. The van der Waals surface area contributed by atoms with Crippen molar-refractivity contribution < 1.29 is 22.7 Å². The summed E-state index contributed by atoms with van der Waals surface area (Å²) in [5.41, 5.74) is 1.35. The fraction of sp³-hybridized carbons (Fsp3) is 0.250. The van der Waals surface area contributed by atoms with Crippen LogP contribution in [0.25, 0.3) is 0 Å². The number of carbonyl (C=O) groups is 1. The van der Waals surface area contributed by atoms with Crippen LogP contribution in [-0.4, -0.2) is 41.6 Å². The standard InChI is InChI=1S/C20H22N2O5S/c1-4-12-22-28(24,25)17-8-6-16(7-9-17)20(23)21-13-11-15-5-10-18(26-2)19(14-15)27-3/h1,5-10,14,22H,11-13H2,2-3H3,(H,21,23). The number of methoxy groups -OCH3 is 2. The fourth-order valence-electron chi connectivity index (χ4n) is 2.46. The molecule has 8 heteroatoms. The number of hydrogen-bond donors (Lipinski definition) is 2. The molecule has 1 amide bonds. The Morgan fingerprint density at radius 3 is 2.36 bits per heavy atom. The predicted octanol–water partition coefficient (Wildman–Crippen LogP) is 1.59. The molecule has 7 nitrogen and oxygen atoms in total. The number of benzene rings is 2. The van der Waals surface area contributed by atoms with E-state index in [1.165, 1.54) is 24.3 Å². The number of nitrogens with one attached hydrogen (secondary N) is 2. The molecule has 28 heavy (non-hydrogen) atoms. The van der Waals surface area contributed by atoms with Crippen molar-refractivity contribution in [3.8, 4) is 23.8 Å². The molecule has 0 spiro atoms. The summed E-state index contributed by atoms with van der Waals surface area (Å²) in [7, 11) is -0.543. The Kier molecular flexibility index (Phi) is 7.44. The van der Waals surface area contributed by atoms with Crippen LogP contribution in [0, 0.1) is 12.3 Å². The summed E-state index contributed by atoms with van der Waals surface area (Å²) in [6.45, 7) is 0.318. The molecule has 0 radical (unpaired) electrons. The maximum absolute atomic E-state index is 12.2. The Hall–Kier alpha value is -3.02. The van der Waals surface area contributed by atoms with Gasteiger partial charge in [-0.2, -0.15) is 4.72 Å². The molecule has 2 rings (SSSR count). The van der Waals surface area contributed by atoms with E-state index in [1.807, 2.05) is 18.2 Å². The largest absolute Gasteiger partial charge is 0.493 e. The van der Waals surface area contributed by atoms with Crippen LogP contribution < -0.4 is 19.5 Å². The van der Waals surface area contributed by atoms with Crippen LogP contribution in [-0.2, 0) is 16.4 Å². The molecule has 0 aliphatic rings. The highest BCUT2D eigenvalue weighted by Crippen LogP contribution is 2.27. The van der Waals surface area contributed by atoms with E-state index in [4.69, 9.17) is 15.9 Å². The van der Waals surface area contributed by atoms with Crippen molar-refractivity contribution in [1.29, 1.82) is 0 Å². The smallest absolute Gasteiger partial charge is 0.251 e. The first-order chi connectivity index (χ1) is 13.4. The highest BCUT2D eigenvalue weighted by Gasteiger charge is 2.14. The van der Waals surface area contributed by atoms with Crippen LogP contribution in [0.5, 0.6) is 11.5 Å². The third-order valence-corrected chi connectivity index (χ3v) is 5.36. The third kappa shape index (κ3) is 5.49. The van der Waals surface area contributed by atoms with Gasteiger partial charge in [0.2, 0.25) is 10.0 Å². The van der Waals surface area contributed by atoms with Gasteiger partial charge < -0.3 is 14.8 Å². The second-order valence-electron chi connectivity index (χ2n) is 5.75. The van der Waals surface area contributed by atoms with Gasteiger partial charge in [-0.1, -0.05) is 12.0 Å². The van der Waals surface area contributed by atoms with Gasteiger partial charge in [0.05, 0.1) is 25.7 Å². The fourth-order valence-corrected chi connectivity index (χ4v) is 3.40. The van der Waals surface area contributed by atoms with Gasteiger partial charge in [0.1, 0.15) is 0 Å². The lowest BCUT2D eigenvalue weighted by Crippen LogP contribution is -2.26. The SMILES string of the molecule is C#CCNS(=O)(=O)c1ccc(C(=O)NCCc2ccc(OC)c(OC)c2)cc1. The van der Waals surface area contributed by atoms with Gasteiger partial charge in [0, 0.05) is 12.1 Å². The summed E-state index contributed by atoms with van der Waals surface area (Å²) >= 11 is 0. The van der Waals surface area contributed by atoms with E-state index in [0.717, 1.165) is 5.56 Å². The minimum atomic E-state index is -3.68. The summed E-state index contributed by atoms with van der Waals surface area (Å²) < 4.78 is 36.7. The average molecular weight is 402 g/mol. The molecule has 0 unspecified atom stereocenters. The van der Waals surface area contributed by atoms with E-state index in [0.29, 0.717) is 30.0 Å². The third-order valence-electron chi connectivity index (χ3n) is 3.94. The van der Waals surface area contributed by atoms with Gasteiger partial charge in [-0.25, -0.2) is 8.42 Å². The van der Waals surface area contributed by atoms with E-state index in [-0.39, 0.29) is 17.3 Å². The molecule has 2 aromatic rings. The zero-order valence-electron chi connectivity index (χ0n) is 15.7. The van der Waals surface area contributed by atoms with E-state index in [1.54, 1.807) is 14.2 Å². The summed E-state index contributed by atoms with van der Waals surface area (Å²) in [5.74, 6) is 3.18. The molecule has 0 aliphatic carbocycles. The van der Waals surface area contributed by atoms with E-state index < -0.39 is 10.0 Å². The topological polar surface area (TPSA) is 93.7 Å². The number of terminal acetylenes is 1. The molecular weight excluding hydrogens is 380 g/mol. The van der Waals surface area contributed by atoms with Gasteiger partial charge in [-0.3, -0.25) is 4.79 Å². The van der Waals surface area contributed by atoms with Crippen LogP contribution in [0.15, 0.2) is 47.4 Å². The van der Waals surface area contributed by atoms with E-state index >= 15 is 0 Å². The molecule has 0 saturated carbocycles. The van der Waals surface area contributed by atoms with Crippen LogP contribution in [0.1, 0.15) is 15.9 Å². The Morgan fingerprint density at radius 1 is 1.07 bits per heavy atom. The van der Waals surface area contributed by atoms with Crippen molar-refractivity contribution in [2.45, 2.75) is 11.3 Å². The lowest BCUT2D eigenvalue weighted by Gasteiger charge is -2.10. The number of amides is 1. The number of rotatable bonds is 9. The molecule has 2 aromatic carbocycles. The summed E-state index contributed by atoms with van der Waals surface area (Å²) in [4.78, 5) is 12.3. The summed E-state index contributed by atoms with van der Waals surface area (Å²) in [5, 5.41) is 2.80. The quantitative estimate of drug-likeness (QED) is 0.622. The zero-order chi connectivity index (χ0) is 20.6. The second kappa shape index (κ2) is 9.78. The predicted molar refractivity (Wildman–Crippen MR) is 106 cm³/mol. The van der Waals surface area contributed by atoms with Gasteiger partial charge >= 0.3 is 0 Å². The molecule has 148 valence electrons. The molecule has 0 atom stereocenters. The van der Waals surface area contributed by atoms with Crippen molar-refractivity contribution in [2.75, 3.05) is 27.3 Å². The maximum atomic E-state index is 12.2. The van der Waals surface area contributed by atoms with Crippen LogP contribution >= 0.6 is 0 Å². The van der Waals surface area contributed by atoms with Crippen molar-refractivity contribution >= 4 is 15.9 Å². The van der Waals surface area contributed by atoms with Crippen molar-refractivity contribution in [3.63, 3.8) is 0 Å². The maximum Gasteiger partial charge on any atom is 0.251 e. The minimum absolute atomic E-state index is 0.0460. The van der Waals surface area contributed by atoms with Crippen LogP contribution in [0.2, 0.25) is 0 Å². The zero-order valence-corrected chi connectivity index (χ0v) is 16.5. The molecular formula is C20H22N2O5S. The molecule has 0 aromatic heterocycles. The van der Waals surface area contributed by atoms with Crippen molar-refractivity contribution in [2.24, 2.45) is 0 Å². The first-order valence-electron chi connectivity index (χ1n) is 8.43. The van der Waals surface area contributed by atoms with Crippen molar-refractivity contribution in [1.82, 2.24) is 10.0 Å². The lowest BCUT2D eigenvalue weighted by molar-refractivity contribution is 0.0954. The van der Waals surface area contributed by atoms with E-state index in [2.05, 4.69) is 16.0 Å². The van der Waals surface area contributed by atoms with Crippen LogP contribution in [0.4, 0.5) is 0 Å². The Bertz CT molecular complexity index is 963. The highest BCUT2D eigenvalue weighted by molar-refractivity contribution is 7.89. The summed E-state index contributed by atoms with van der Waals surface area (Å²) in [6, 6.07) is 11.2. The average Bonchev–Trinajstić information content (AvgIpc) is 2.72. The summed E-state index contributed by atoms with van der Waals surface area (Å²) in [6.07, 6.45) is 5.66. The monoisotopic (exact) mass is 402 g/mol. The van der Waals surface area contributed by atoms with Gasteiger partial charge in [-0.05, 0) is 48.4 Å². The second-order valence-corrected chi connectivity index (χ2v) is 7.52. The van der Waals surface area contributed by atoms with Crippen LogP contribution in [0.3, 0.4) is 0 Å². The Labute approximate surface area is 165 Å².